The number of aromatic nitrogens is 2. The van der Waals surface area contributed by atoms with Gasteiger partial charge in [0.15, 0.2) is 0 Å². The molecule has 0 spiro atoms. The van der Waals surface area contributed by atoms with Gasteiger partial charge in [0, 0.05) is 12.1 Å². The Labute approximate surface area is 101 Å². The minimum absolute atomic E-state index is 0.278. The summed E-state index contributed by atoms with van der Waals surface area (Å²) in [6, 6.07) is 5.91. The summed E-state index contributed by atoms with van der Waals surface area (Å²) >= 11 is 0. The van der Waals surface area contributed by atoms with E-state index >= 15 is 0 Å². The Balaban J connectivity index is 2.46. The van der Waals surface area contributed by atoms with Crippen molar-refractivity contribution in [1.29, 1.82) is 0 Å². The molecule has 17 heavy (non-hydrogen) atoms. The van der Waals surface area contributed by atoms with E-state index in [-0.39, 0.29) is 6.04 Å². The van der Waals surface area contributed by atoms with E-state index in [2.05, 4.69) is 23.4 Å². The van der Waals surface area contributed by atoms with Gasteiger partial charge in [-0.15, -0.1) is 0 Å². The van der Waals surface area contributed by atoms with E-state index in [4.69, 9.17) is 5.73 Å². The van der Waals surface area contributed by atoms with Gasteiger partial charge in [-0.2, -0.15) is 0 Å². The molecular weight excluding hydrogens is 214 g/mol. The molecule has 0 aliphatic heterocycles. The topological polar surface area (TPSA) is 64.1 Å². The van der Waals surface area contributed by atoms with Gasteiger partial charge >= 0.3 is 0 Å². The Morgan fingerprint density at radius 2 is 2.00 bits per heavy atom. The smallest absolute Gasteiger partial charge is 0.0960 e. The van der Waals surface area contributed by atoms with Crippen LogP contribution >= 0.6 is 0 Å². The third-order valence-electron chi connectivity index (χ3n) is 2.99. The van der Waals surface area contributed by atoms with Crippen molar-refractivity contribution in [2.45, 2.75) is 39.0 Å². The summed E-state index contributed by atoms with van der Waals surface area (Å²) in [7, 11) is 0. The summed E-state index contributed by atoms with van der Waals surface area (Å²) in [6.07, 6.45) is 1.20. The molecule has 0 fully saturated rings. The van der Waals surface area contributed by atoms with Crippen LogP contribution in [0.2, 0.25) is 0 Å². The number of hydrogen-bond donors (Lipinski definition) is 2. The van der Waals surface area contributed by atoms with Crippen LogP contribution in [0.1, 0.15) is 38.5 Å². The Morgan fingerprint density at radius 1 is 1.29 bits per heavy atom. The molecule has 2 rings (SSSR count). The van der Waals surface area contributed by atoms with Gasteiger partial charge in [0.25, 0.3) is 0 Å². The lowest BCUT2D eigenvalue weighted by Crippen LogP contribution is -2.24. The van der Waals surface area contributed by atoms with E-state index in [1.165, 1.54) is 0 Å². The maximum atomic E-state index is 9.91. The van der Waals surface area contributed by atoms with Gasteiger partial charge in [-0.25, -0.2) is 4.98 Å². The maximum absolute atomic E-state index is 9.91. The Morgan fingerprint density at radius 3 is 2.59 bits per heavy atom. The van der Waals surface area contributed by atoms with Crippen molar-refractivity contribution in [3.63, 3.8) is 0 Å². The molecule has 2 atom stereocenters. The Hall–Kier alpha value is -1.39. The van der Waals surface area contributed by atoms with Gasteiger partial charge in [0.2, 0.25) is 0 Å². The molecule has 3 N–H and O–H groups in total. The van der Waals surface area contributed by atoms with Crippen molar-refractivity contribution < 1.29 is 5.11 Å². The number of nitrogens with two attached hydrogens (primary N) is 1. The molecule has 0 aliphatic carbocycles. The van der Waals surface area contributed by atoms with E-state index in [9.17, 15) is 5.11 Å². The van der Waals surface area contributed by atoms with E-state index in [1.54, 1.807) is 6.92 Å². The maximum Gasteiger partial charge on any atom is 0.0960 e. The Kier molecular flexibility index (Phi) is 3.17. The van der Waals surface area contributed by atoms with Crippen molar-refractivity contribution in [2.24, 2.45) is 5.73 Å². The van der Waals surface area contributed by atoms with Crippen LogP contribution in [0, 0.1) is 0 Å². The highest BCUT2D eigenvalue weighted by molar-refractivity contribution is 5.76. The molecule has 0 aliphatic rings. The Bertz CT molecular complexity index is 516. The summed E-state index contributed by atoms with van der Waals surface area (Å²) in [5.41, 5.74) is 8.49. The summed E-state index contributed by atoms with van der Waals surface area (Å²) in [4.78, 5) is 4.35. The monoisotopic (exact) mass is 233 g/mol. The van der Waals surface area contributed by atoms with Gasteiger partial charge in [-0.3, -0.25) is 0 Å². The second-order valence-electron chi connectivity index (χ2n) is 4.80. The molecule has 0 saturated heterocycles. The van der Waals surface area contributed by atoms with Crippen molar-refractivity contribution in [3.05, 3.63) is 30.1 Å². The van der Waals surface area contributed by atoms with E-state index in [1.807, 2.05) is 24.5 Å². The molecule has 0 amide bonds. The first-order valence-corrected chi connectivity index (χ1v) is 5.91. The molecule has 0 saturated carbocycles. The van der Waals surface area contributed by atoms with Crippen LogP contribution in [0.5, 0.6) is 0 Å². The number of aliphatic hydroxyl groups is 1. The van der Waals surface area contributed by atoms with Crippen molar-refractivity contribution in [3.8, 4) is 0 Å². The number of aliphatic hydroxyl groups excluding tert-OH is 1. The van der Waals surface area contributed by atoms with Crippen LogP contribution in [-0.4, -0.2) is 20.7 Å². The summed E-state index contributed by atoms with van der Waals surface area (Å²) in [5, 5.41) is 9.91. The van der Waals surface area contributed by atoms with Crippen LogP contribution in [-0.2, 0) is 0 Å². The zero-order valence-electron chi connectivity index (χ0n) is 10.5. The van der Waals surface area contributed by atoms with Gasteiger partial charge in [0.05, 0.1) is 23.5 Å². The van der Waals surface area contributed by atoms with Gasteiger partial charge < -0.3 is 15.4 Å². The first kappa shape index (κ1) is 12.1. The molecule has 1 heterocycles. The third-order valence-corrected chi connectivity index (χ3v) is 2.99. The van der Waals surface area contributed by atoms with E-state index in [0.29, 0.717) is 6.04 Å². The van der Waals surface area contributed by atoms with Crippen LogP contribution in [0.4, 0.5) is 0 Å². The van der Waals surface area contributed by atoms with Crippen LogP contribution in [0.3, 0.4) is 0 Å². The highest BCUT2D eigenvalue weighted by Gasteiger charge is 2.14. The predicted octanol–water partition coefficient (Wildman–Crippen LogP) is 2.00. The number of fused-ring (bicyclic) bond motifs is 1. The number of hydrogen-bond acceptors (Lipinski definition) is 3. The predicted molar refractivity (Wildman–Crippen MR) is 68.7 cm³/mol. The second kappa shape index (κ2) is 4.47. The second-order valence-corrected chi connectivity index (χ2v) is 4.80. The van der Waals surface area contributed by atoms with E-state index < -0.39 is 6.10 Å². The molecule has 92 valence electrons. The SMILES string of the molecule is CC(N)C(O)c1ccc2c(c1)ncn2C(C)C. The minimum atomic E-state index is -0.636. The molecule has 4 heteroatoms. The van der Waals surface area contributed by atoms with Gasteiger partial charge in [0.1, 0.15) is 0 Å². The number of nitrogens with zero attached hydrogens (tertiary/aromatic N) is 2. The quantitative estimate of drug-likeness (QED) is 0.852. The molecular formula is C13H19N3O. The molecule has 2 aromatic rings. The number of benzene rings is 1. The van der Waals surface area contributed by atoms with Crippen molar-refractivity contribution >= 4 is 11.0 Å². The highest BCUT2D eigenvalue weighted by Crippen LogP contribution is 2.23. The van der Waals surface area contributed by atoms with Crippen molar-refractivity contribution in [1.82, 2.24) is 9.55 Å². The van der Waals surface area contributed by atoms with Crippen LogP contribution < -0.4 is 5.73 Å². The lowest BCUT2D eigenvalue weighted by atomic mass is 10.0. The minimum Gasteiger partial charge on any atom is -0.387 e. The third kappa shape index (κ3) is 2.18. The molecule has 2 unspecified atom stereocenters. The molecule has 0 bridgehead atoms. The summed E-state index contributed by atoms with van der Waals surface area (Å²) < 4.78 is 2.11. The van der Waals surface area contributed by atoms with Crippen LogP contribution in [0.15, 0.2) is 24.5 Å². The largest absolute Gasteiger partial charge is 0.387 e. The average molecular weight is 233 g/mol. The molecule has 1 aromatic heterocycles. The fourth-order valence-electron chi connectivity index (χ4n) is 1.95. The first-order chi connectivity index (χ1) is 8.00. The lowest BCUT2D eigenvalue weighted by molar-refractivity contribution is 0.153. The molecule has 0 radical (unpaired) electrons. The highest BCUT2D eigenvalue weighted by atomic mass is 16.3. The van der Waals surface area contributed by atoms with Gasteiger partial charge in [-0.1, -0.05) is 6.07 Å². The summed E-state index contributed by atoms with van der Waals surface area (Å²) in [5.74, 6) is 0. The van der Waals surface area contributed by atoms with Crippen molar-refractivity contribution in [2.75, 3.05) is 0 Å². The van der Waals surface area contributed by atoms with E-state index in [0.717, 1.165) is 16.6 Å². The first-order valence-electron chi connectivity index (χ1n) is 5.91. The number of rotatable bonds is 3. The average Bonchev–Trinajstić information content (AvgIpc) is 2.70. The normalized spacial score (nSPS) is 15.4. The fourth-order valence-corrected chi connectivity index (χ4v) is 1.95. The zero-order valence-corrected chi connectivity index (χ0v) is 10.5. The molecule has 4 nitrogen and oxygen atoms in total. The zero-order chi connectivity index (χ0) is 12.6. The summed E-state index contributed by atoms with van der Waals surface area (Å²) in [6.45, 7) is 6.03. The number of imidazole rings is 1. The fraction of sp³-hybridized carbons (Fsp3) is 0.462. The van der Waals surface area contributed by atoms with Crippen LogP contribution in [0.25, 0.3) is 11.0 Å². The standard InChI is InChI=1S/C13H19N3O/c1-8(2)16-7-15-11-6-10(4-5-12(11)16)13(17)9(3)14/h4-9,13,17H,14H2,1-3H3. The lowest BCUT2D eigenvalue weighted by Gasteiger charge is -2.15. The van der Waals surface area contributed by atoms with Gasteiger partial charge in [-0.05, 0) is 38.5 Å². The molecule has 1 aromatic carbocycles.